The summed E-state index contributed by atoms with van der Waals surface area (Å²) in [6.07, 6.45) is 41.0. The summed E-state index contributed by atoms with van der Waals surface area (Å²) >= 11 is 0. The van der Waals surface area contributed by atoms with E-state index < -0.39 is 5.97 Å². The van der Waals surface area contributed by atoms with Gasteiger partial charge in [-0.3, -0.25) is 4.79 Å². The molecule has 0 aliphatic carbocycles. The summed E-state index contributed by atoms with van der Waals surface area (Å²) in [5.74, 6) is -0.665. The molecule has 3 heteroatoms. The van der Waals surface area contributed by atoms with Crippen LogP contribution in [-0.2, 0) is 4.79 Å². The van der Waals surface area contributed by atoms with E-state index in [1.165, 1.54) is 116 Å². The highest BCUT2D eigenvalue weighted by molar-refractivity contribution is 5.66. The van der Waals surface area contributed by atoms with Crippen LogP contribution in [0.4, 0.5) is 0 Å². The van der Waals surface area contributed by atoms with Crippen molar-refractivity contribution < 1.29 is 9.90 Å². The largest absolute Gasteiger partial charge is 0.481 e. The maximum absolute atomic E-state index is 10.6. The molecule has 0 radical (unpaired) electrons. The summed E-state index contributed by atoms with van der Waals surface area (Å²) in [5.41, 5.74) is 1.67. The van der Waals surface area contributed by atoms with E-state index in [4.69, 9.17) is 5.11 Å². The lowest BCUT2D eigenvalue weighted by atomic mass is 9.99. The number of hydrogen-bond acceptors (Lipinski definition) is 2. The first-order valence-electron chi connectivity index (χ1n) is 15.6. The summed E-state index contributed by atoms with van der Waals surface area (Å²) in [6.45, 7) is 3.42. The zero-order valence-electron chi connectivity index (χ0n) is 24.9. The zero-order chi connectivity index (χ0) is 27.2. The first kappa shape index (κ1) is 35.4. The number of aliphatic carboxylic acids is 1. The third-order valence-electron chi connectivity index (χ3n) is 6.80. The van der Waals surface area contributed by atoms with Crippen LogP contribution in [0, 0.1) is 0 Å². The minimum absolute atomic E-state index is 0.321. The van der Waals surface area contributed by atoms with E-state index in [1.54, 1.807) is 5.57 Å². The molecular formula is C34H61NO2. The molecule has 0 aliphatic heterocycles. The Bertz CT molecular complexity index is 615. The van der Waals surface area contributed by atoms with Crippen molar-refractivity contribution in [3.8, 4) is 0 Å². The van der Waals surface area contributed by atoms with Crippen molar-refractivity contribution in [1.82, 2.24) is 4.90 Å². The first-order valence-corrected chi connectivity index (χ1v) is 15.6. The predicted octanol–water partition coefficient (Wildman–Crippen LogP) is 10.4. The molecule has 0 spiro atoms. The summed E-state index contributed by atoms with van der Waals surface area (Å²) in [4.78, 5) is 12.9. The van der Waals surface area contributed by atoms with Crippen LogP contribution in [0.5, 0.6) is 0 Å². The standard InChI is InChI=1S/C34H61NO2/c1-4-5-6-7-8-9-10-11-12-13-14-15-16-17-18-21-24-28-33(30-27-32-35(2)3)29-25-22-19-20-23-26-31-34(36)37/h8-9,11-14,29H,4-7,10,15-28,30-32H2,1-3H3,(H,36,37)/b9-8-,12-11-,14-13+,33-29+. The van der Waals surface area contributed by atoms with Crippen LogP contribution in [0.1, 0.15) is 142 Å². The van der Waals surface area contributed by atoms with Gasteiger partial charge in [-0.1, -0.05) is 106 Å². The van der Waals surface area contributed by atoms with Gasteiger partial charge >= 0.3 is 5.97 Å². The molecule has 0 aromatic heterocycles. The average Bonchev–Trinajstić information content (AvgIpc) is 2.86. The lowest BCUT2D eigenvalue weighted by molar-refractivity contribution is -0.137. The second-order valence-electron chi connectivity index (χ2n) is 10.8. The monoisotopic (exact) mass is 515 g/mol. The highest BCUT2D eigenvalue weighted by atomic mass is 16.4. The number of carboxylic acid groups (broad SMARTS) is 1. The molecule has 0 aromatic carbocycles. The second-order valence-corrected chi connectivity index (χ2v) is 10.8. The maximum Gasteiger partial charge on any atom is 0.303 e. The summed E-state index contributed by atoms with van der Waals surface area (Å²) in [5, 5.41) is 8.72. The topological polar surface area (TPSA) is 40.5 Å². The molecule has 0 bridgehead atoms. The zero-order valence-corrected chi connectivity index (χ0v) is 24.9. The number of unbranched alkanes of at least 4 members (excludes halogenated alkanes) is 13. The number of allylic oxidation sites excluding steroid dienone is 8. The molecule has 0 rings (SSSR count). The number of nitrogens with zero attached hydrogens (tertiary/aromatic N) is 1. The number of carbonyl (C=O) groups is 1. The molecule has 0 fully saturated rings. The van der Waals surface area contributed by atoms with Gasteiger partial charge in [-0.05, 0) is 97.7 Å². The Hall–Kier alpha value is -1.61. The van der Waals surface area contributed by atoms with E-state index in [2.05, 4.69) is 68.5 Å². The first-order chi connectivity index (χ1) is 18.1. The minimum atomic E-state index is -0.665. The van der Waals surface area contributed by atoms with Crippen LogP contribution in [-0.4, -0.2) is 36.6 Å². The fourth-order valence-corrected chi connectivity index (χ4v) is 4.49. The van der Waals surface area contributed by atoms with E-state index in [1.807, 2.05) is 0 Å². The highest BCUT2D eigenvalue weighted by Crippen LogP contribution is 2.18. The third-order valence-corrected chi connectivity index (χ3v) is 6.80. The number of hydrogen-bond donors (Lipinski definition) is 1. The molecule has 0 saturated carbocycles. The summed E-state index contributed by atoms with van der Waals surface area (Å²) < 4.78 is 0. The van der Waals surface area contributed by atoms with Crippen LogP contribution < -0.4 is 0 Å². The normalized spacial score (nSPS) is 12.7. The molecule has 214 valence electrons. The minimum Gasteiger partial charge on any atom is -0.481 e. The summed E-state index contributed by atoms with van der Waals surface area (Å²) in [6, 6.07) is 0. The Labute approximate surface area is 231 Å². The van der Waals surface area contributed by atoms with Gasteiger partial charge in [0.25, 0.3) is 0 Å². The molecule has 0 amide bonds. The molecule has 0 heterocycles. The van der Waals surface area contributed by atoms with E-state index >= 15 is 0 Å². The van der Waals surface area contributed by atoms with Crippen molar-refractivity contribution >= 4 is 5.97 Å². The van der Waals surface area contributed by atoms with Gasteiger partial charge in [0.2, 0.25) is 0 Å². The Balaban J connectivity index is 3.89. The van der Waals surface area contributed by atoms with Crippen molar-refractivity contribution in [1.29, 1.82) is 0 Å². The smallest absolute Gasteiger partial charge is 0.303 e. The van der Waals surface area contributed by atoms with Gasteiger partial charge in [-0.2, -0.15) is 0 Å². The van der Waals surface area contributed by atoms with Crippen molar-refractivity contribution in [3.63, 3.8) is 0 Å². The highest BCUT2D eigenvalue weighted by Gasteiger charge is 2.01. The maximum atomic E-state index is 10.6. The van der Waals surface area contributed by atoms with Crippen molar-refractivity contribution in [2.24, 2.45) is 0 Å². The van der Waals surface area contributed by atoms with E-state index in [-0.39, 0.29) is 0 Å². The number of carboxylic acids is 1. The lowest BCUT2D eigenvalue weighted by Gasteiger charge is -2.12. The molecule has 0 saturated heterocycles. The van der Waals surface area contributed by atoms with Crippen molar-refractivity contribution in [3.05, 3.63) is 48.1 Å². The second kappa shape index (κ2) is 29.0. The number of rotatable bonds is 27. The average molecular weight is 516 g/mol. The Morgan fingerprint density at radius 1 is 0.622 bits per heavy atom. The van der Waals surface area contributed by atoms with Crippen LogP contribution in [0.15, 0.2) is 48.1 Å². The molecule has 1 N–H and O–H groups in total. The van der Waals surface area contributed by atoms with Gasteiger partial charge < -0.3 is 10.0 Å². The van der Waals surface area contributed by atoms with Crippen molar-refractivity contribution in [2.75, 3.05) is 20.6 Å². The molecule has 0 atom stereocenters. The molecular weight excluding hydrogens is 454 g/mol. The van der Waals surface area contributed by atoms with Crippen LogP contribution in [0.2, 0.25) is 0 Å². The van der Waals surface area contributed by atoms with Gasteiger partial charge in [0.15, 0.2) is 0 Å². The van der Waals surface area contributed by atoms with Crippen molar-refractivity contribution in [2.45, 2.75) is 142 Å². The molecule has 37 heavy (non-hydrogen) atoms. The van der Waals surface area contributed by atoms with E-state index in [0.29, 0.717) is 6.42 Å². The fourth-order valence-electron chi connectivity index (χ4n) is 4.49. The Morgan fingerprint density at radius 2 is 1.19 bits per heavy atom. The molecule has 0 unspecified atom stereocenters. The van der Waals surface area contributed by atoms with E-state index in [0.717, 1.165) is 19.3 Å². The van der Waals surface area contributed by atoms with Crippen LogP contribution >= 0.6 is 0 Å². The summed E-state index contributed by atoms with van der Waals surface area (Å²) in [7, 11) is 4.32. The van der Waals surface area contributed by atoms with Gasteiger partial charge in [0, 0.05) is 6.42 Å². The Morgan fingerprint density at radius 3 is 1.89 bits per heavy atom. The van der Waals surface area contributed by atoms with Gasteiger partial charge in [-0.25, -0.2) is 0 Å². The van der Waals surface area contributed by atoms with Crippen LogP contribution in [0.25, 0.3) is 0 Å². The van der Waals surface area contributed by atoms with Gasteiger partial charge in [0.05, 0.1) is 0 Å². The van der Waals surface area contributed by atoms with Gasteiger partial charge in [0.1, 0.15) is 0 Å². The molecule has 3 nitrogen and oxygen atoms in total. The molecule has 0 aromatic rings. The predicted molar refractivity (Wildman–Crippen MR) is 164 cm³/mol. The third kappa shape index (κ3) is 30.5. The Kier molecular flexibility index (Phi) is 27.7. The van der Waals surface area contributed by atoms with Gasteiger partial charge in [-0.15, -0.1) is 0 Å². The lowest BCUT2D eigenvalue weighted by Crippen LogP contribution is -2.12. The van der Waals surface area contributed by atoms with E-state index in [9.17, 15) is 4.79 Å². The van der Waals surface area contributed by atoms with Crippen LogP contribution in [0.3, 0.4) is 0 Å². The SMILES string of the molecule is CCCCC/C=C\C/C=C\C=C\CCCCCCC/C(=C\CCCCCCCC(=O)O)CCCN(C)C. The molecule has 0 aliphatic rings. The quantitative estimate of drug-likeness (QED) is 0.0672. The fraction of sp³-hybridized carbons (Fsp3) is 0.735.